The van der Waals surface area contributed by atoms with Crippen molar-refractivity contribution in [3.63, 3.8) is 0 Å². The highest BCUT2D eigenvalue weighted by Crippen LogP contribution is 2.12. The zero-order valence-corrected chi connectivity index (χ0v) is 9.76. The molecule has 1 aromatic heterocycles. The number of unbranched alkanes of at least 4 members (excludes halogenated alkanes) is 1. The predicted octanol–water partition coefficient (Wildman–Crippen LogP) is 1.45. The summed E-state index contributed by atoms with van der Waals surface area (Å²) < 4.78 is 14.4. The van der Waals surface area contributed by atoms with Crippen molar-refractivity contribution in [3.05, 3.63) is 5.69 Å². The highest BCUT2D eigenvalue weighted by atomic mass is 32.1. The van der Waals surface area contributed by atoms with Crippen molar-refractivity contribution in [1.82, 2.24) is 9.59 Å². The fourth-order valence-electron chi connectivity index (χ4n) is 0.951. The van der Waals surface area contributed by atoms with Gasteiger partial charge in [0.1, 0.15) is 10.7 Å². The van der Waals surface area contributed by atoms with E-state index in [1.165, 1.54) is 11.5 Å². The van der Waals surface area contributed by atoms with Gasteiger partial charge >= 0.3 is 0 Å². The molecule has 1 heterocycles. The summed E-state index contributed by atoms with van der Waals surface area (Å²) in [7, 11) is 0. The highest BCUT2D eigenvalue weighted by molar-refractivity contribution is 7.09. The Balaban J connectivity index is 1.96. The van der Waals surface area contributed by atoms with E-state index in [9.17, 15) is 0 Å². The summed E-state index contributed by atoms with van der Waals surface area (Å²) in [5.41, 5.74) is 6.32. The molecule has 0 aliphatic carbocycles. The number of anilines is 1. The average molecular weight is 231 g/mol. The van der Waals surface area contributed by atoms with Gasteiger partial charge in [-0.2, -0.15) is 0 Å². The molecule has 0 aliphatic rings. The van der Waals surface area contributed by atoms with Crippen LogP contribution in [0.1, 0.15) is 25.5 Å². The average Bonchev–Trinajstić information content (AvgIpc) is 2.63. The molecule has 0 saturated carbocycles. The van der Waals surface area contributed by atoms with Gasteiger partial charge in [0.05, 0.1) is 19.8 Å². The topological polar surface area (TPSA) is 70.3 Å². The van der Waals surface area contributed by atoms with Crippen molar-refractivity contribution in [1.29, 1.82) is 0 Å². The highest BCUT2D eigenvalue weighted by Gasteiger charge is 2.03. The standard InChI is InChI=1S/C9H17N3O2S/c1-2-3-4-13-5-6-14-7-8-9(10)15-12-11-8/h2-7,10H2,1H3. The van der Waals surface area contributed by atoms with Gasteiger partial charge in [0, 0.05) is 18.1 Å². The van der Waals surface area contributed by atoms with Crippen LogP contribution in [0.2, 0.25) is 0 Å². The number of nitrogens with zero attached hydrogens (tertiary/aromatic N) is 2. The lowest BCUT2D eigenvalue weighted by Crippen LogP contribution is -2.06. The Morgan fingerprint density at radius 2 is 2.07 bits per heavy atom. The SMILES string of the molecule is CCCCOCCOCc1nnsc1N. The van der Waals surface area contributed by atoms with Crippen LogP contribution in [0.4, 0.5) is 5.00 Å². The maximum absolute atomic E-state index is 5.60. The normalized spacial score (nSPS) is 10.7. The van der Waals surface area contributed by atoms with Gasteiger partial charge in [-0.3, -0.25) is 0 Å². The number of hydrogen-bond donors (Lipinski definition) is 1. The number of ether oxygens (including phenoxy) is 2. The zero-order valence-electron chi connectivity index (χ0n) is 8.94. The molecule has 0 fully saturated rings. The van der Waals surface area contributed by atoms with Crippen LogP contribution < -0.4 is 5.73 Å². The number of nitrogen functional groups attached to an aromatic ring is 1. The molecule has 0 radical (unpaired) electrons. The van der Waals surface area contributed by atoms with Crippen LogP contribution in [0.3, 0.4) is 0 Å². The molecule has 0 saturated heterocycles. The number of hydrogen-bond acceptors (Lipinski definition) is 6. The van der Waals surface area contributed by atoms with Gasteiger partial charge in [0.2, 0.25) is 0 Å². The summed E-state index contributed by atoms with van der Waals surface area (Å²) in [6.45, 7) is 4.55. The van der Waals surface area contributed by atoms with Gasteiger partial charge < -0.3 is 15.2 Å². The molecule has 0 bridgehead atoms. The Hall–Kier alpha value is -0.720. The lowest BCUT2D eigenvalue weighted by atomic mass is 10.4. The number of rotatable bonds is 8. The zero-order chi connectivity index (χ0) is 10.9. The third kappa shape index (κ3) is 5.06. The third-order valence-corrected chi connectivity index (χ3v) is 2.43. The fourth-order valence-corrected chi connectivity index (χ4v) is 1.38. The van der Waals surface area contributed by atoms with Crippen molar-refractivity contribution >= 4 is 16.5 Å². The smallest absolute Gasteiger partial charge is 0.133 e. The first-order chi connectivity index (χ1) is 7.34. The van der Waals surface area contributed by atoms with E-state index < -0.39 is 0 Å². The van der Waals surface area contributed by atoms with E-state index in [1.54, 1.807) is 0 Å². The molecule has 0 atom stereocenters. The molecule has 0 unspecified atom stereocenters. The van der Waals surface area contributed by atoms with Crippen LogP contribution >= 0.6 is 11.5 Å². The molecule has 1 rings (SSSR count). The van der Waals surface area contributed by atoms with Gasteiger partial charge in [-0.15, -0.1) is 5.10 Å². The van der Waals surface area contributed by atoms with Crippen LogP contribution in [0.15, 0.2) is 0 Å². The van der Waals surface area contributed by atoms with E-state index in [0.29, 0.717) is 30.5 Å². The summed E-state index contributed by atoms with van der Waals surface area (Å²) >= 11 is 1.18. The first kappa shape index (κ1) is 12.4. The largest absolute Gasteiger partial charge is 0.388 e. The summed E-state index contributed by atoms with van der Waals surface area (Å²) in [6, 6.07) is 0. The summed E-state index contributed by atoms with van der Waals surface area (Å²) in [5.74, 6) is 0. The van der Waals surface area contributed by atoms with Gasteiger partial charge in [0.25, 0.3) is 0 Å². The molecule has 0 amide bonds. The van der Waals surface area contributed by atoms with E-state index in [-0.39, 0.29) is 0 Å². The minimum atomic E-state index is 0.416. The van der Waals surface area contributed by atoms with Gasteiger partial charge in [-0.05, 0) is 6.42 Å². The van der Waals surface area contributed by atoms with Crippen LogP contribution in [-0.4, -0.2) is 29.4 Å². The van der Waals surface area contributed by atoms with E-state index in [1.807, 2.05) is 0 Å². The van der Waals surface area contributed by atoms with Crippen LogP contribution in [0, 0.1) is 0 Å². The molecular formula is C9H17N3O2S. The van der Waals surface area contributed by atoms with Crippen molar-refractivity contribution < 1.29 is 9.47 Å². The first-order valence-corrected chi connectivity index (χ1v) is 5.84. The molecule has 0 aliphatic heterocycles. The van der Waals surface area contributed by atoms with Gasteiger partial charge in [-0.25, -0.2) is 0 Å². The molecule has 5 nitrogen and oxygen atoms in total. The molecule has 15 heavy (non-hydrogen) atoms. The lowest BCUT2D eigenvalue weighted by Gasteiger charge is -2.03. The second-order valence-corrected chi connectivity index (χ2v) is 3.89. The van der Waals surface area contributed by atoms with Crippen LogP contribution in [-0.2, 0) is 16.1 Å². The Kier molecular flexibility index (Phi) is 6.22. The third-order valence-electron chi connectivity index (χ3n) is 1.84. The van der Waals surface area contributed by atoms with E-state index in [4.69, 9.17) is 15.2 Å². The quantitative estimate of drug-likeness (QED) is 0.686. The Labute approximate surface area is 93.7 Å². The molecule has 86 valence electrons. The minimum Gasteiger partial charge on any atom is -0.388 e. The Morgan fingerprint density at radius 3 is 2.73 bits per heavy atom. The van der Waals surface area contributed by atoms with E-state index in [0.717, 1.165) is 19.4 Å². The lowest BCUT2D eigenvalue weighted by molar-refractivity contribution is 0.0388. The fraction of sp³-hybridized carbons (Fsp3) is 0.778. The molecule has 1 aromatic rings. The molecule has 0 spiro atoms. The van der Waals surface area contributed by atoms with Crippen LogP contribution in [0.25, 0.3) is 0 Å². The van der Waals surface area contributed by atoms with E-state index >= 15 is 0 Å². The number of aromatic nitrogens is 2. The van der Waals surface area contributed by atoms with Gasteiger partial charge in [0.15, 0.2) is 0 Å². The molecule has 6 heteroatoms. The second kappa shape index (κ2) is 7.56. The summed E-state index contributed by atoms with van der Waals surface area (Å²) in [6.07, 6.45) is 2.25. The number of nitrogens with two attached hydrogens (primary N) is 1. The second-order valence-electron chi connectivity index (χ2n) is 3.10. The molecular weight excluding hydrogens is 214 g/mol. The maximum Gasteiger partial charge on any atom is 0.133 e. The van der Waals surface area contributed by atoms with Crippen LogP contribution in [0.5, 0.6) is 0 Å². The molecule has 2 N–H and O–H groups in total. The van der Waals surface area contributed by atoms with Gasteiger partial charge in [-0.1, -0.05) is 17.8 Å². The van der Waals surface area contributed by atoms with Crippen molar-refractivity contribution in [2.75, 3.05) is 25.6 Å². The van der Waals surface area contributed by atoms with Crippen molar-refractivity contribution in [2.45, 2.75) is 26.4 Å². The minimum absolute atomic E-state index is 0.416. The maximum atomic E-state index is 5.60. The summed E-state index contributed by atoms with van der Waals surface area (Å²) in [4.78, 5) is 0. The predicted molar refractivity (Wildman–Crippen MR) is 59.7 cm³/mol. The van der Waals surface area contributed by atoms with Crippen molar-refractivity contribution in [2.24, 2.45) is 0 Å². The Bertz CT molecular complexity index is 268. The summed E-state index contributed by atoms with van der Waals surface area (Å²) in [5, 5.41) is 4.47. The van der Waals surface area contributed by atoms with E-state index in [2.05, 4.69) is 16.5 Å². The first-order valence-electron chi connectivity index (χ1n) is 5.06. The van der Waals surface area contributed by atoms with Crippen molar-refractivity contribution in [3.8, 4) is 0 Å². The monoisotopic (exact) mass is 231 g/mol. The Morgan fingerprint density at radius 1 is 1.27 bits per heavy atom. The molecule has 0 aromatic carbocycles.